The average molecular weight is 723 g/mol. The molecule has 50 heavy (non-hydrogen) atoms. The second kappa shape index (κ2) is 13.5. The number of amides is 1. The molecule has 3 saturated heterocycles. The maximum Gasteiger partial charge on any atom is 0.306 e. The fraction of sp³-hybridized carbons (Fsp3) is 0.553. The van der Waals surface area contributed by atoms with Crippen molar-refractivity contribution < 1.29 is 24.2 Å². The van der Waals surface area contributed by atoms with E-state index in [4.69, 9.17) is 27.9 Å². The Hall–Kier alpha value is -2.99. The van der Waals surface area contributed by atoms with E-state index in [9.17, 15) is 14.7 Å². The van der Waals surface area contributed by atoms with Crippen LogP contribution in [0.4, 0.5) is 5.69 Å². The van der Waals surface area contributed by atoms with E-state index in [1.54, 1.807) is 18.3 Å². The van der Waals surface area contributed by atoms with E-state index < -0.39 is 11.8 Å². The van der Waals surface area contributed by atoms with Gasteiger partial charge in [0, 0.05) is 79.9 Å². The normalized spacial score (nSPS) is 27.2. The zero-order chi connectivity index (χ0) is 34.7. The summed E-state index contributed by atoms with van der Waals surface area (Å²) in [5, 5.41) is 14.1. The third-order valence-corrected chi connectivity index (χ3v) is 12.5. The van der Waals surface area contributed by atoms with Gasteiger partial charge in [0.2, 0.25) is 5.85 Å². The lowest BCUT2D eigenvalue weighted by atomic mass is 9.87. The van der Waals surface area contributed by atoms with Gasteiger partial charge in [0.1, 0.15) is 0 Å². The molecule has 2 bridgehead atoms. The summed E-state index contributed by atoms with van der Waals surface area (Å²) in [5.74, 6) is -2.78. The molecule has 0 radical (unpaired) electrons. The number of fused-ring (bicyclic) bond motifs is 3. The number of likely N-dealkylation sites (tertiary alicyclic amines) is 3. The summed E-state index contributed by atoms with van der Waals surface area (Å²) in [6.07, 6.45) is 9.36. The SMILES string of the molecule is Cn1cc(C(=O)Nc2cc(Cl)c(CC(=O)C(O[C@H]3CC[C@H](C(=O)O)CC3)(N3CCCC3)N3C[C@H]4C[C@H]3CN4C3CC3)cc2Cl)c2ccccc21. The number of carboxylic acids is 1. The molecule has 12 heteroatoms. The van der Waals surface area contributed by atoms with Crippen LogP contribution < -0.4 is 5.32 Å². The number of ketones is 1. The van der Waals surface area contributed by atoms with E-state index in [-0.39, 0.29) is 36.2 Å². The number of carboxylic acid groups (broad SMARTS) is 1. The van der Waals surface area contributed by atoms with Crippen LogP contribution in [0.25, 0.3) is 10.9 Å². The van der Waals surface area contributed by atoms with Crippen LogP contribution in [0.15, 0.2) is 42.6 Å². The van der Waals surface area contributed by atoms with E-state index in [0.717, 1.165) is 56.3 Å². The van der Waals surface area contributed by atoms with Crippen molar-refractivity contribution in [3.63, 3.8) is 0 Å². The highest BCUT2D eigenvalue weighted by Crippen LogP contribution is 2.46. The van der Waals surface area contributed by atoms with Crippen molar-refractivity contribution in [2.75, 3.05) is 31.5 Å². The second-order valence-corrected chi connectivity index (χ2v) is 15.8. The average Bonchev–Trinajstić information content (AvgIpc) is 3.43. The van der Waals surface area contributed by atoms with Gasteiger partial charge in [0.05, 0.1) is 28.3 Å². The van der Waals surface area contributed by atoms with Gasteiger partial charge >= 0.3 is 5.97 Å². The first-order valence-corrected chi connectivity index (χ1v) is 18.9. The van der Waals surface area contributed by atoms with Crippen LogP contribution in [0.5, 0.6) is 0 Å². The lowest BCUT2D eigenvalue weighted by Crippen LogP contribution is -2.71. The molecule has 2 aromatic carbocycles. The minimum Gasteiger partial charge on any atom is -0.481 e. The molecule has 1 amide bonds. The number of carbonyl (C=O) groups is 3. The zero-order valence-electron chi connectivity index (χ0n) is 28.5. The Morgan fingerprint density at radius 2 is 1.68 bits per heavy atom. The summed E-state index contributed by atoms with van der Waals surface area (Å²) in [6.45, 7) is 3.21. The standard InChI is InChI=1S/C38H45Cl2N5O5/c1-42-22-30(29-6-2-3-7-34(29)42)36(47)41-33-19-31(39)24(16-32(33)40)17-35(46)38(43-14-4-5-15-43,50-28-12-8-23(9-13-28)37(48)49)45-21-26-18-27(45)20-44(26)25-10-11-25/h2-3,6-7,16,19,22-23,25-28H,4-5,8-15,17-18,20-21H2,1H3,(H,41,47)(H,48,49)/t23-,26-,27+,28-,38?/m1/s1. The highest BCUT2D eigenvalue weighted by molar-refractivity contribution is 6.36. The Bertz CT molecular complexity index is 1810. The molecule has 266 valence electrons. The predicted molar refractivity (Wildman–Crippen MR) is 193 cm³/mol. The largest absolute Gasteiger partial charge is 0.481 e. The number of para-hydroxylation sites is 1. The molecule has 0 spiro atoms. The van der Waals surface area contributed by atoms with Gasteiger partial charge in [-0.2, -0.15) is 0 Å². The summed E-state index contributed by atoms with van der Waals surface area (Å²) in [4.78, 5) is 47.5. The van der Waals surface area contributed by atoms with Crippen molar-refractivity contribution in [1.29, 1.82) is 0 Å². The Labute approximate surface area is 302 Å². The Balaban J connectivity index is 1.08. The van der Waals surface area contributed by atoms with Crippen molar-refractivity contribution in [3.8, 4) is 0 Å². The van der Waals surface area contributed by atoms with Gasteiger partial charge in [-0.25, -0.2) is 0 Å². The number of aromatic nitrogens is 1. The van der Waals surface area contributed by atoms with Crippen LogP contribution >= 0.6 is 23.2 Å². The van der Waals surface area contributed by atoms with Crippen LogP contribution in [0.2, 0.25) is 10.0 Å². The van der Waals surface area contributed by atoms with Gasteiger partial charge in [-0.1, -0.05) is 41.4 Å². The number of piperazine rings is 1. The number of ether oxygens (including phenoxy) is 1. The van der Waals surface area contributed by atoms with Crippen molar-refractivity contribution in [2.45, 2.75) is 94.3 Å². The smallest absolute Gasteiger partial charge is 0.306 e. The van der Waals surface area contributed by atoms with Crippen molar-refractivity contribution in [3.05, 3.63) is 63.8 Å². The maximum atomic E-state index is 15.1. The van der Waals surface area contributed by atoms with Gasteiger partial charge in [-0.3, -0.25) is 29.1 Å². The van der Waals surface area contributed by atoms with Gasteiger partial charge in [0.25, 0.3) is 5.91 Å². The molecule has 4 heterocycles. The number of aliphatic carboxylic acids is 1. The molecule has 5 aliphatic rings. The van der Waals surface area contributed by atoms with Crippen molar-refractivity contribution in [2.24, 2.45) is 13.0 Å². The van der Waals surface area contributed by atoms with Crippen molar-refractivity contribution in [1.82, 2.24) is 19.3 Å². The lowest BCUT2D eigenvalue weighted by molar-refractivity contribution is -0.263. The van der Waals surface area contributed by atoms with Crippen molar-refractivity contribution >= 4 is 57.5 Å². The Kier molecular flexibility index (Phi) is 9.23. The zero-order valence-corrected chi connectivity index (χ0v) is 30.0. The van der Waals surface area contributed by atoms with E-state index in [0.29, 0.717) is 64.6 Å². The number of nitrogens with zero attached hydrogens (tertiary/aromatic N) is 4. The van der Waals surface area contributed by atoms with Gasteiger partial charge in [-0.05, 0) is 81.5 Å². The Morgan fingerprint density at radius 1 is 0.940 bits per heavy atom. The fourth-order valence-corrected chi connectivity index (χ4v) is 9.61. The number of nitrogens with one attached hydrogen (secondary N) is 1. The summed E-state index contributed by atoms with van der Waals surface area (Å²) in [5.41, 5.74) is 2.43. The molecule has 2 N–H and O–H groups in total. The molecule has 8 rings (SSSR count). The summed E-state index contributed by atoms with van der Waals surface area (Å²) < 4.78 is 9.07. The molecule has 3 atom stereocenters. The minimum atomic E-state index is -1.27. The number of Topliss-reactive ketones (excluding diaryl/α,β-unsaturated/α-hetero) is 1. The molecule has 2 saturated carbocycles. The van der Waals surface area contributed by atoms with Crippen LogP contribution in [-0.4, -0.2) is 98.3 Å². The van der Waals surface area contributed by atoms with E-state index in [2.05, 4.69) is 20.0 Å². The third-order valence-electron chi connectivity index (χ3n) is 11.8. The molecular formula is C38H45Cl2N5O5. The highest BCUT2D eigenvalue weighted by atomic mass is 35.5. The number of anilines is 1. The maximum absolute atomic E-state index is 15.1. The molecule has 3 aliphatic heterocycles. The first-order chi connectivity index (χ1) is 24.1. The predicted octanol–water partition coefficient (Wildman–Crippen LogP) is 6.18. The summed E-state index contributed by atoms with van der Waals surface area (Å²) in [6, 6.07) is 12.3. The first kappa shape index (κ1) is 34.1. The van der Waals surface area contributed by atoms with Crippen LogP contribution in [0.3, 0.4) is 0 Å². The Morgan fingerprint density at radius 3 is 2.36 bits per heavy atom. The monoisotopic (exact) mass is 721 g/mol. The number of hydrogen-bond acceptors (Lipinski definition) is 7. The number of aryl methyl sites for hydroxylation is 1. The molecule has 1 unspecified atom stereocenters. The van der Waals surface area contributed by atoms with Crippen LogP contribution in [-0.2, 0) is 27.8 Å². The summed E-state index contributed by atoms with van der Waals surface area (Å²) >= 11 is 13.7. The lowest BCUT2D eigenvalue weighted by Gasteiger charge is -2.52. The first-order valence-electron chi connectivity index (χ1n) is 18.2. The number of benzene rings is 2. The summed E-state index contributed by atoms with van der Waals surface area (Å²) in [7, 11) is 1.90. The quantitative estimate of drug-likeness (QED) is 0.242. The van der Waals surface area contributed by atoms with E-state index >= 15 is 4.79 Å². The molecular weight excluding hydrogens is 677 g/mol. The number of rotatable bonds is 11. The molecule has 5 fully saturated rings. The third kappa shape index (κ3) is 6.16. The molecule has 2 aliphatic carbocycles. The minimum absolute atomic E-state index is 0.0112. The second-order valence-electron chi connectivity index (χ2n) is 15.0. The van der Waals surface area contributed by atoms with Crippen LogP contribution in [0, 0.1) is 5.92 Å². The number of hydrogen-bond donors (Lipinski definition) is 2. The van der Waals surface area contributed by atoms with Crippen LogP contribution in [0.1, 0.15) is 73.7 Å². The van der Waals surface area contributed by atoms with E-state index in [1.807, 2.05) is 35.9 Å². The van der Waals surface area contributed by atoms with Gasteiger partial charge in [0.15, 0.2) is 5.78 Å². The molecule has 3 aromatic rings. The van der Waals surface area contributed by atoms with Gasteiger partial charge < -0.3 is 19.7 Å². The highest BCUT2D eigenvalue weighted by Gasteiger charge is 2.60. The fourth-order valence-electron chi connectivity index (χ4n) is 9.15. The number of halogens is 2. The molecule has 10 nitrogen and oxygen atoms in total. The number of carbonyl (C=O) groups excluding carboxylic acids is 2. The molecule has 1 aromatic heterocycles. The van der Waals surface area contributed by atoms with Gasteiger partial charge in [-0.15, -0.1) is 0 Å². The van der Waals surface area contributed by atoms with E-state index in [1.165, 1.54) is 12.8 Å². The topological polar surface area (TPSA) is 107 Å².